The van der Waals surface area contributed by atoms with E-state index in [2.05, 4.69) is 15.3 Å². The number of ether oxygens (including phenoxy) is 1. The summed E-state index contributed by atoms with van der Waals surface area (Å²) in [5.41, 5.74) is 4.13. The van der Waals surface area contributed by atoms with Crippen molar-refractivity contribution in [3.05, 3.63) is 53.9 Å². The highest BCUT2D eigenvalue weighted by Gasteiger charge is 2.15. The van der Waals surface area contributed by atoms with Crippen molar-refractivity contribution in [2.75, 3.05) is 12.4 Å². The Kier molecular flexibility index (Phi) is 4.72. The molecule has 130 valence electrons. The van der Waals surface area contributed by atoms with Crippen molar-refractivity contribution in [1.82, 2.24) is 9.97 Å². The van der Waals surface area contributed by atoms with Gasteiger partial charge in [-0.2, -0.15) is 5.26 Å². The highest BCUT2D eigenvalue weighted by atomic mass is 16.5. The number of carbonyl (C=O) groups is 1. The third kappa shape index (κ3) is 3.15. The van der Waals surface area contributed by atoms with E-state index in [1.54, 1.807) is 33.2 Å². The minimum Gasteiger partial charge on any atom is -0.481 e. The van der Waals surface area contributed by atoms with Gasteiger partial charge in [-0.3, -0.25) is 4.79 Å². The van der Waals surface area contributed by atoms with Gasteiger partial charge in [0.1, 0.15) is 11.6 Å². The van der Waals surface area contributed by atoms with Gasteiger partial charge in [-0.15, -0.1) is 0 Å². The molecule has 6 nitrogen and oxygen atoms in total. The van der Waals surface area contributed by atoms with Crippen LogP contribution in [-0.2, 0) is 4.79 Å². The Hall–Kier alpha value is -3.59. The second-order valence-corrected chi connectivity index (χ2v) is 5.96. The Labute approximate surface area is 151 Å². The minimum atomic E-state index is -0.415. The van der Waals surface area contributed by atoms with Crippen molar-refractivity contribution >= 4 is 22.5 Å². The maximum absolute atomic E-state index is 12.4. The lowest BCUT2D eigenvalue weighted by Gasteiger charge is -2.07. The molecule has 0 aliphatic rings. The number of H-pyrrole nitrogens is 1. The molecule has 6 heteroatoms. The Balaban J connectivity index is 2.03. The molecule has 0 atom stereocenters. The van der Waals surface area contributed by atoms with E-state index in [1.807, 2.05) is 36.5 Å². The van der Waals surface area contributed by atoms with Gasteiger partial charge in [0.25, 0.3) is 5.91 Å². The molecule has 2 heterocycles. The van der Waals surface area contributed by atoms with Crippen LogP contribution in [0.4, 0.5) is 5.69 Å². The standard InChI is InChI=1S/C20H18N4O2/c1-12(2)15(10-21)20(25)24-17-6-4-5-14-16(11-23-19(14)17)13-7-8-22-18(9-13)26-3/h4-9,11,23H,1-3H3,(H,24,25). The number of hydrogen-bond donors (Lipinski definition) is 2. The van der Waals surface area contributed by atoms with Crippen LogP contribution in [0.2, 0.25) is 0 Å². The molecule has 0 saturated carbocycles. The number of fused-ring (bicyclic) bond motifs is 1. The summed E-state index contributed by atoms with van der Waals surface area (Å²) in [4.78, 5) is 19.7. The average molecular weight is 346 g/mol. The summed E-state index contributed by atoms with van der Waals surface area (Å²) in [6.07, 6.45) is 3.56. The number of benzene rings is 1. The summed E-state index contributed by atoms with van der Waals surface area (Å²) in [5, 5.41) is 12.9. The molecule has 2 N–H and O–H groups in total. The Bertz CT molecular complexity index is 1050. The molecule has 1 aromatic carbocycles. The van der Waals surface area contributed by atoms with Gasteiger partial charge in [-0.05, 0) is 31.5 Å². The van der Waals surface area contributed by atoms with Gasteiger partial charge in [0, 0.05) is 29.4 Å². The first-order valence-corrected chi connectivity index (χ1v) is 8.04. The summed E-state index contributed by atoms with van der Waals surface area (Å²) >= 11 is 0. The van der Waals surface area contributed by atoms with Crippen LogP contribution >= 0.6 is 0 Å². The molecule has 2 aromatic heterocycles. The average Bonchev–Trinajstić information content (AvgIpc) is 3.07. The predicted molar refractivity (Wildman–Crippen MR) is 101 cm³/mol. The highest BCUT2D eigenvalue weighted by Crippen LogP contribution is 2.33. The normalized spacial score (nSPS) is 10.2. The number of rotatable bonds is 4. The number of carbonyl (C=O) groups excluding carboxylic acids is 1. The molecule has 0 spiro atoms. The summed E-state index contributed by atoms with van der Waals surface area (Å²) in [6, 6.07) is 11.3. The first-order chi connectivity index (χ1) is 12.5. The number of pyridine rings is 1. The topological polar surface area (TPSA) is 90.8 Å². The largest absolute Gasteiger partial charge is 0.481 e. The molecular weight excluding hydrogens is 328 g/mol. The number of hydrogen-bond acceptors (Lipinski definition) is 4. The van der Waals surface area contributed by atoms with Gasteiger partial charge in [0.15, 0.2) is 0 Å². The fourth-order valence-electron chi connectivity index (χ4n) is 2.76. The molecule has 0 radical (unpaired) electrons. The number of aromatic amines is 1. The molecular formula is C20H18N4O2. The Morgan fingerprint density at radius 3 is 2.81 bits per heavy atom. The summed E-state index contributed by atoms with van der Waals surface area (Å²) in [6.45, 7) is 3.48. The van der Waals surface area contributed by atoms with Gasteiger partial charge < -0.3 is 15.0 Å². The van der Waals surface area contributed by atoms with Gasteiger partial charge in [0.2, 0.25) is 5.88 Å². The van der Waals surface area contributed by atoms with Crippen molar-refractivity contribution in [1.29, 1.82) is 5.26 Å². The molecule has 0 bridgehead atoms. The van der Waals surface area contributed by atoms with Crippen molar-refractivity contribution in [3.8, 4) is 23.1 Å². The van der Waals surface area contributed by atoms with Crippen LogP contribution < -0.4 is 10.1 Å². The van der Waals surface area contributed by atoms with Crippen LogP contribution in [0.5, 0.6) is 5.88 Å². The Morgan fingerprint density at radius 1 is 1.31 bits per heavy atom. The number of nitrogens with zero attached hydrogens (tertiary/aromatic N) is 2. The molecule has 3 rings (SSSR count). The smallest absolute Gasteiger partial charge is 0.266 e. The SMILES string of the molecule is COc1cc(-c2c[nH]c3c(NC(=O)C(C#N)=C(C)C)cccc23)ccn1. The van der Waals surface area contributed by atoms with Gasteiger partial charge in [-0.25, -0.2) is 4.98 Å². The molecule has 1 amide bonds. The van der Waals surface area contributed by atoms with E-state index in [4.69, 9.17) is 10.00 Å². The van der Waals surface area contributed by atoms with Crippen molar-refractivity contribution in [2.24, 2.45) is 0 Å². The minimum absolute atomic E-state index is 0.118. The number of aromatic nitrogens is 2. The zero-order valence-electron chi connectivity index (χ0n) is 14.8. The lowest BCUT2D eigenvalue weighted by atomic mass is 10.1. The molecule has 0 saturated heterocycles. The zero-order chi connectivity index (χ0) is 18.7. The zero-order valence-corrected chi connectivity index (χ0v) is 14.8. The van der Waals surface area contributed by atoms with Crippen molar-refractivity contribution < 1.29 is 9.53 Å². The number of methoxy groups -OCH3 is 1. The van der Waals surface area contributed by atoms with Crippen molar-refractivity contribution in [2.45, 2.75) is 13.8 Å². The second kappa shape index (κ2) is 7.11. The first-order valence-electron chi connectivity index (χ1n) is 8.04. The predicted octanol–water partition coefficient (Wildman–Crippen LogP) is 4.04. The quantitative estimate of drug-likeness (QED) is 0.551. The molecule has 26 heavy (non-hydrogen) atoms. The molecule has 0 fully saturated rings. The number of anilines is 1. The Morgan fingerprint density at radius 2 is 2.12 bits per heavy atom. The van der Waals surface area contributed by atoms with E-state index >= 15 is 0 Å². The number of nitrogens with one attached hydrogen (secondary N) is 2. The van der Waals surface area contributed by atoms with Crippen LogP contribution in [0.25, 0.3) is 22.0 Å². The first kappa shape index (κ1) is 17.2. The van der Waals surface area contributed by atoms with E-state index < -0.39 is 5.91 Å². The van der Waals surface area contributed by atoms with Crippen LogP contribution in [0.1, 0.15) is 13.8 Å². The highest BCUT2D eigenvalue weighted by molar-refractivity contribution is 6.12. The molecule has 0 unspecified atom stereocenters. The fourth-order valence-corrected chi connectivity index (χ4v) is 2.76. The third-order valence-corrected chi connectivity index (χ3v) is 4.06. The van der Waals surface area contributed by atoms with Crippen LogP contribution in [-0.4, -0.2) is 23.0 Å². The van der Waals surface area contributed by atoms with Gasteiger partial charge in [0.05, 0.1) is 18.3 Å². The lowest BCUT2D eigenvalue weighted by molar-refractivity contribution is -0.112. The van der Waals surface area contributed by atoms with E-state index in [0.29, 0.717) is 17.1 Å². The van der Waals surface area contributed by atoms with E-state index in [9.17, 15) is 4.79 Å². The van der Waals surface area contributed by atoms with Crippen LogP contribution in [0, 0.1) is 11.3 Å². The van der Waals surface area contributed by atoms with E-state index in [-0.39, 0.29) is 5.57 Å². The number of amides is 1. The van der Waals surface area contributed by atoms with Gasteiger partial charge >= 0.3 is 0 Å². The molecule has 0 aliphatic carbocycles. The summed E-state index contributed by atoms with van der Waals surface area (Å²) < 4.78 is 5.19. The molecule has 0 aliphatic heterocycles. The second-order valence-electron chi connectivity index (χ2n) is 5.96. The monoisotopic (exact) mass is 346 g/mol. The maximum atomic E-state index is 12.4. The number of nitriles is 1. The molecule has 3 aromatic rings. The van der Waals surface area contributed by atoms with Crippen molar-refractivity contribution in [3.63, 3.8) is 0 Å². The van der Waals surface area contributed by atoms with E-state index in [1.165, 1.54) is 0 Å². The number of para-hydroxylation sites is 1. The van der Waals surface area contributed by atoms with Gasteiger partial charge in [-0.1, -0.05) is 17.7 Å². The van der Waals surface area contributed by atoms with E-state index in [0.717, 1.165) is 22.0 Å². The third-order valence-electron chi connectivity index (χ3n) is 4.06. The van der Waals surface area contributed by atoms with Crippen LogP contribution in [0.15, 0.2) is 53.9 Å². The number of allylic oxidation sites excluding steroid dienone is 1. The summed E-state index contributed by atoms with van der Waals surface area (Å²) in [7, 11) is 1.57. The maximum Gasteiger partial charge on any atom is 0.266 e. The van der Waals surface area contributed by atoms with Crippen LogP contribution in [0.3, 0.4) is 0 Å². The lowest BCUT2D eigenvalue weighted by Crippen LogP contribution is -2.14. The fraction of sp³-hybridized carbons (Fsp3) is 0.150. The summed E-state index contributed by atoms with van der Waals surface area (Å²) in [5.74, 6) is 0.116.